The zero-order valence-corrected chi connectivity index (χ0v) is 15.3. The Kier molecular flexibility index (Phi) is 4.55. The molecule has 2 aliphatic rings. The smallest absolute Gasteiger partial charge is 0.414 e. The number of nitrogens with zero attached hydrogens (tertiary/aromatic N) is 2. The minimum Gasteiger partial charge on any atom is -0.496 e. The molecule has 2 aliphatic heterocycles. The number of cyclic esters (lactones) is 1. The van der Waals surface area contributed by atoms with Gasteiger partial charge in [-0.25, -0.2) is 4.79 Å². The van der Waals surface area contributed by atoms with Gasteiger partial charge in [0, 0.05) is 25.2 Å². The minimum absolute atomic E-state index is 0.100. The second-order valence-corrected chi connectivity index (χ2v) is 7.04. The van der Waals surface area contributed by atoms with E-state index in [-0.39, 0.29) is 12.1 Å². The summed E-state index contributed by atoms with van der Waals surface area (Å²) in [6.45, 7) is 5.04. The number of benzene rings is 2. The Hall–Kier alpha value is -2.53. The number of carbonyl (C=O) groups excluding carboxylic acids is 1. The lowest BCUT2D eigenvalue weighted by atomic mass is 10.0. The molecular formula is C21H24N2O3. The van der Waals surface area contributed by atoms with Gasteiger partial charge in [0.15, 0.2) is 0 Å². The van der Waals surface area contributed by atoms with E-state index in [0.717, 1.165) is 48.6 Å². The van der Waals surface area contributed by atoms with E-state index in [1.807, 2.05) is 23.1 Å². The van der Waals surface area contributed by atoms with Crippen LogP contribution in [-0.2, 0) is 17.8 Å². The summed E-state index contributed by atoms with van der Waals surface area (Å²) < 4.78 is 10.9. The fraction of sp³-hybridized carbons (Fsp3) is 0.381. The maximum atomic E-state index is 12.3. The Labute approximate surface area is 154 Å². The third kappa shape index (κ3) is 3.15. The predicted molar refractivity (Wildman–Crippen MR) is 101 cm³/mol. The number of anilines is 1. The van der Waals surface area contributed by atoms with E-state index >= 15 is 0 Å². The molecule has 2 aromatic rings. The van der Waals surface area contributed by atoms with Gasteiger partial charge in [-0.3, -0.25) is 9.80 Å². The van der Waals surface area contributed by atoms with E-state index < -0.39 is 0 Å². The van der Waals surface area contributed by atoms with Crippen LogP contribution in [0.5, 0.6) is 5.75 Å². The van der Waals surface area contributed by atoms with Crippen molar-refractivity contribution in [2.75, 3.05) is 25.2 Å². The number of rotatable bonds is 3. The topological polar surface area (TPSA) is 42.0 Å². The minimum atomic E-state index is -0.222. The van der Waals surface area contributed by atoms with Crippen LogP contribution in [0.25, 0.3) is 0 Å². The van der Waals surface area contributed by atoms with Crippen molar-refractivity contribution in [3.8, 4) is 5.75 Å². The first-order valence-electron chi connectivity index (χ1n) is 9.05. The number of hydrogen-bond donors (Lipinski definition) is 0. The molecule has 5 heteroatoms. The number of hydrogen-bond acceptors (Lipinski definition) is 4. The van der Waals surface area contributed by atoms with Crippen LogP contribution in [0.15, 0.2) is 42.5 Å². The maximum Gasteiger partial charge on any atom is 0.414 e. The van der Waals surface area contributed by atoms with E-state index in [0.29, 0.717) is 6.61 Å². The number of ether oxygens (including phenoxy) is 2. The summed E-state index contributed by atoms with van der Waals surface area (Å²) >= 11 is 0. The van der Waals surface area contributed by atoms with Gasteiger partial charge >= 0.3 is 6.09 Å². The van der Waals surface area contributed by atoms with Gasteiger partial charge in [0.25, 0.3) is 0 Å². The first-order valence-corrected chi connectivity index (χ1v) is 9.05. The summed E-state index contributed by atoms with van der Waals surface area (Å²) in [7, 11) is 1.71. The fourth-order valence-electron chi connectivity index (χ4n) is 3.86. The van der Waals surface area contributed by atoms with Gasteiger partial charge in [0.05, 0.1) is 18.8 Å². The highest BCUT2D eigenvalue weighted by Gasteiger charge is 2.37. The molecule has 1 fully saturated rings. The molecule has 2 aromatic carbocycles. The van der Waals surface area contributed by atoms with Gasteiger partial charge in [-0.1, -0.05) is 30.3 Å². The zero-order chi connectivity index (χ0) is 18.1. The van der Waals surface area contributed by atoms with E-state index in [1.54, 1.807) is 7.11 Å². The van der Waals surface area contributed by atoms with Crippen LogP contribution in [0.3, 0.4) is 0 Å². The fourth-order valence-corrected chi connectivity index (χ4v) is 3.86. The normalized spacial score (nSPS) is 20.0. The van der Waals surface area contributed by atoms with Crippen molar-refractivity contribution in [2.24, 2.45) is 0 Å². The molecule has 0 radical (unpaired) electrons. The molecule has 0 saturated carbocycles. The van der Waals surface area contributed by atoms with Gasteiger partial charge in [-0.15, -0.1) is 0 Å². The molecule has 2 heterocycles. The van der Waals surface area contributed by atoms with Crippen molar-refractivity contribution in [1.29, 1.82) is 0 Å². The molecule has 0 bridgehead atoms. The average molecular weight is 352 g/mol. The van der Waals surface area contributed by atoms with Crippen LogP contribution in [0, 0.1) is 6.92 Å². The number of amides is 1. The first-order chi connectivity index (χ1) is 12.7. The molecule has 5 nitrogen and oxygen atoms in total. The van der Waals surface area contributed by atoms with Crippen LogP contribution < -0.4 is 9.64 Å². The summed E-state index contributed by atoms with van der Waals surface area (Å²) in [5.74, 6) is 0.916. The molecule has 0 N–H and O–H groups in total. The Morgan fingerprint density at radius 2 is 2.08 bits per heavy atom. The maximum absolute atomic E-state index is 12.3. The average Bonchev–Trinajstić information content (AvgIpc) is 3.00. The SMILES string of the molecule is COc1ccccc1CN1CCC2COC(=O)N2c2cc(C)ccc2C1. The molecule has 1 unspecified atom stereocenters. The Morgan fingerprint density at radius 3 is 2.92 bits per heavy atom. The lowest BCUT2D eigenvalue weighted by molar-refractivity contribution is 0.177. The Balaban J connectivity index is 1.66. The number of para-hydroxylation sites is 1. The van der Waals surface area contributed by atoms with Crippen molar-refractivity contribution >= 4 is 11.8 Å². The second kappa shape index (κ2) is 7.00. The van der Waals surface area contributed by atoms with Crippen LogP contribution in [-0.4, -0.2) is 37.3 Å². The lowest BCUT2D eigenvalue weighted by Crippen LogP contribution is -2.40. The zero-order valence-electron chi connectivity index (χ0n) is 15.3. The molecule has 1 saturated heterocycles. The molecular weight excluding hydrogens is 328 g/mol. The highest BCUT2D eigenvalue weighted by Crippen LogP contribution is 2.33. The second-order valence-electron chi connectivity index (χ2n) is 7.04. The number of methoxy groups -OCH3 is 1. The molecule has 0 aliphatic carbocycles. The van der Waals surface area contributed by atoms with Gasteiger partial charge in [0.2, 0.25) is 0 Å². The van der Waals surface area contributed by atoms with Crippen LogP contribution in [0.4, 0.5) is 10.5 Å². The summed E-state index contributed by atoms with van der Waals surface area (Å²) in [4.78, 5) is 16.5. The summed E-state index contributed by atoms with van der Waals surface area (Å²) in [5.41, 5.74) is 4.48. The Morgan fingerprint density at radius 1 is 1.23 bits per heavy atom. The summed E-state index contributed by atoms with van der Waals surface area (Å²) in [6.07, 6.45) is 0.675. The molecule has 136 valence electrons. The van der Waals surface area contributed by atoms with Crippen LogP contribution >= 0.6 is 0 Å². The molecule has 26 heavy (non-hydrogen) atoms. The van der Waals surface area contributed by atoms with E-state index in [9.17, 15) is 4.79 Å². The standard InChI is InChI=1S/C21H24N2O3/c1-15-7-8-16-12-22(13-17-5-3-4-6-20(17)25-2)10-9-18-14-26-21(24)23(18)19(16)11-15/h3-8,11,18H,9-10,12-14H2,1-2H3. The van der Waals surface area contributed by atoms with E-state index in [2.05, 4.69) is 36.1 Å². The molecule has 0 aromatic heterocycles. The van der Waals surface area contributed by atoms with Gasteiger partial charge < -0.3 is 9.47 Å². The predicted octanol–water partition coefficient (Wildman–Crippen LogP) is 3.73. The van der Waals surface area contributed by atoms with E-state index in [4.69, 9.17) is 9.47 Å². The highest BCUT2D eigenvalue weighted by atomic mass is 16.6. The molecule has 0 spiro atoms. The largest absolute Gasteiger partial charge is 0.496 e. The molecule has 1 amide bonds. The first kappa shape index (κ1) is 16.9. The molecule has 4 rings (SSSR count). The van der Waals surface area contributed by atoms with E-state index in [1.165, 1.54) is 5.56 Å². The third-order valence-corrected chi connectivity index (χ3v) is 5.22. The number of fused-ring (bicyclic) bond motifs is 3. The Bertz CT molecular complexity index is 821. The van der Waals surface area contributed by atoms with Gasteiger partial charge in [-0.2, -0.15) is 0 Å². The van der Waals surface area contributed by atoms with Crippen LogP contribution in [0.1, 0.15) is 23.1 Å². The van der Waals surface area contributed by atoms with Crippen molar-refractivity contribution < 1.29 is 14.3 Å². The third-order valence-electron chi connectivity index (χ3n) is 5.22. The van der Waals surface area contributed by atoms with Crippen molar-refractivity contribution in [3.63, 3.8) is 0 Å². The highest BCUT2D eigenvalue weighted by molar-refractivity contribution is 5.91. The number of aryl methyl sites for hydroxylation is 1. The molecule has 1 atom stereocenters. The monoisotopic (exact) mass is 352 g/mol. The van der Waals surface area contributed by atoms with Crippen molar-refractivity contribution in [2.45, 2.75) is 32.5 Å². The lowest BCUT2D eigenvalue weighted by Gasteiger charge is -2.32. The van der Waals surface area contributed by atoms with Gasteiger partial charge in [-0.05, 0) is 36.6 Å². The van der Waals surface area contributed by atoms with Crippen molar-refractivity contribution in [3.05, 3.63) is 59.2 Å². The van der Waals surface area contributed by atoms with Crippen molar-refractivity contribution in [1.82, 2.24) is 4.90 Å². The summed E-state index contributed by atoms with van der Waals surface area (Å²) in [6, 6.07) is 14.6. The van der Waals surface area contributed by atoms with Crippen LogP contribution in [0.2, 0.25) is 0 Å². The quantitative estimate of drug-likeness (QED) is 0.844. The van der Waals surface area contributed by atoms with Gasteiger partial charge in [0.1, 0.15) is 12.4 Å². The number of carbonyl (C=O) groups is 1. The summed E-state index contributed by atoms with van der Waals surface area (Å²) in [5, 5.41) is 0.